The molecule has 3 aromatic heterocycles. The van der Waals surface area contributed by atoms with E-state index >= 15 is 0 Å². The van der Waals surface area contributed by atoms with Crippen LogP contribution in [0, 0.1) is 12.7 Å². The van der Waals surface area contributed by atoms with Crippen LogP contribution in [0.5, 0.6) is 0 Å². The summed E-state index contributed by atoms with van der Waals surface area (Å²) in [6.07, 6.45) is 0.626. The molecule has 186 valence electrons. The number of aryl methyl sites for hydroxylation is 1. The number of piperidine rings is 1. The van der Waals surface area contributed by atoms with E-state index in [0.29, 0.717) is 48.2 Å². The number of benzene rings is 1. The van der Waals surface area contributed by atoms with Crippen molar-refractivity contribution in [3.05, 3.63) is 93.7 Å². The average molecular weight is 497 g/mol. The number of rotatable bonds is 4. The van der Waals surface area contributed by atoms with Crippen LogP contribution < -0.4 is 10.5 Å². The smallest absolute Gasteiger partial charge is 0.369 e. The predicted molar refractivity (Wildman–Crippen MR) is 127 cm³/mol. The number of hydrogen-bond acceptors (Lipinski definition) is 5. The Morgan fingerprint density at radius 1 is 1.08 bits per heavy atom. The van der Waals surface area contributed by atoms with Crippen LogP contribution in [0.2, 0.25) is 0 Å². The summed E-state index contributed by atoms with van der Waals surface area (Å²) >= 11 is 0. The van der Waals surface area contributed by atoms with Crippen molar-refractivity contribution in [2.75, 3.05) is 18.0 Å². The highest BCUT2D eigenvalue weighted by atomic mass is 19.4. The predicted octanol–water partition coefficient (Wildman–Crippen LogP) is 5.09. The summed E-state index contributed by atoms with van der Waals surface area (Å²) in [7, 11) is 0. The maximum atomic E-state index is 14.5. The molecule has 0 N–H and O–H groups in total. The average Bonchev–Trinajstić information content (AvgIpc) is 2.86. The third kappa shape index (κ3) is 4.43. The first-order valence-corrected chi connectivity index (χ1v) is 11.6. The number of alkyl halides is 3. The van der Waals surface area contributed by atoms with Gasteiger partial charge in [0.25, 0.3) is 5.56 Å². The van der Waals surface area contributed by atoms with E-state index in [1.807, 2.05) is 17.9 Å². The van der Waals surface area contributed by atoms with E-state index < -0.39 is 17.3 Å². The fraction of sp³-hybridized carbons (Fsp3) is 0.308. The van der Waals surface area contributed by atoms with E-state index in [0.717, 1.165) is 11.6 Å². The van der Waals surface area contributed by atoms with Crippen LogP contribution in [0.3, 0.4) is 0 Å². The van der Waals surface area contributed by atoms with Crippen LogP contribution in [0.1, 0.15) is 41.1 Å². The SMILES string of the molecule is Cc1cccc(F)c1N1CCC(c2cc3ncncc3n(Cc3ncccc3C(F)(F)F)c2=O)CC1. The van der Waals surface area contributed by atoms with Crippen molar-refractivity contribution in [3.63, 3.8) is 0 Å². The van der Waals surface area contributed by atoms with Gasteiger partial charge in [-0.1, -0.05) is 12.1 Å². The van der Waals surface area contributed by atoms with Gasteiger partial charge in [-0.3, -0.25) is 14.3 Å². The van der Waals surface area contributed by atoms with E-state index in [-0.39, 0.29) is 24.0 Å². The number of fused-ring (bicyclic) bond motifs is 1. The van der Waals surface area contributed by atoms with Crippen LogP contribution in [0.25, 0.3) is 11.0 Å². The zero-order chi connectivity index (χ0) is 25.4. The molecule has 6 nitrogen and oxygen atoms in total. The number of nitrogens with zero attached hydrogens (tertiary/aromatic N) is 5. The van der Waals surface area contributed by atoms with Gasteiger partial charge in [-0.2, -0.15) is 13.2 Å². The Balaban J connectivity index is 1.51. The van der Waals surface area contributed by atoms with E-state index in [9.17, 15) is 22.4 Å². The molecule has 10 heteroatoms. The molecular weight excluding hydrogens is 474 g/mol. The van der Waals surface area contributed by atoms with Gasteiger partial charge >= 0.3 is 6.18 Å². The normalized spacial score (nSPS) is 15.0. The zero-order valence-corrected chi connectivity index (χ0v) is 19.5. The lowest BCUT2D eigenvalue weighted by Crippen LogP contribution is -2.36. The van der Waals surface area contributed by atoms with Crippen LogP contribution in [-0.4, -0.2) is 32.6 Å². The Kier molecular flexibility index (Phi) is 6.19. The molecule has 4 aromatic rings. The first kappa shape index (κ1) is 23.9. The van der Waals surface area contributed by atoms with Crippen molar-refractivity contribution in [1.29, 1.82) is 0 Å². The molecule has 1 aliphatic rings. The molecule has 5 rings (SSSR count). The molecule has 1 aliphatic heterocycles. The molecule has 0 unspecified atom stereocenters. The molecule has 0 saturated carbocycles. The van der Waals surface area contributed by atoms with Gasteiger partial charge in [0.2, 0.25) is 0 Å². The summed E-state index contributed by atoms with van der Waals surface area (Å²) < 4.78 is 56.5. The summed E-state index contributed by atoms with van der Waals surface area (Å²) in [5.41, 5.74) is 1.16. The summed E-state index contributed by atoms with van der Waals surface area (Å²) in [5, 5.41) is 0. The molecule has 1 saturated heterocycles. The fourth-order valence-electron chi connectivity index (χ4n) is 4.98. The molecule has 1 aromatic carbocycles. The molecule has 0 radical (unpaired) electrons. The van der Waals surface area contributed by atoms with Gasteiger partial charge in [-0.15, -0.1) is 0 Å². The second kappa shape index (κ2) is 9.33. The van der Waals surface area contributed by atoms with Crippen LogP contribution in [-0.2, 0) is 12.7 Å². The first-order chi connectivity index (χ1) is 17.2. The van der Waals surface area contributed by atoms with Gasteiger partial charge in [0.05, 0.1) is 40.7 Å². The van der Waals surface area contributed by atoms with Crippen LogP contribution in [0.15, 0.2) is 59.9 Å². The van der Waals surface area contributed by atoms with E-state index in [4.69, 9.17) is 0 Å². The maximum Gasteiger partial charge on any atom is 0.418 e. The van der Waals surface area contributed by atoms with E-state index in [1.54, 1.807) is 12.1 Å². The van der Waals surface area contributed by atoms with Gasteiger partial charge in [-0.05, 0) is 55.5 Å². The molecule has 36 heavy (non-hydrogen) atoms. The topological polar surface area (TPSA) is 63.9 Å². The molecule has 0 atom stereocenters. The summed E-state index contributed by atoms with van der Waals surface area (Å²) in [4.78, 5) is 27.8. The van der Waals surface area contributed by atoms with Gasteiger partial charge in [0.1, 0.15) is 12.1 Å². The third-order valence-corrected chi connectivity index (χ3v) is 6.74. The largest absolute Gasteiger partial charge is 0.418 e. The quantitative estimate of drug-likeness (QED) is 0.368. The standard InChI is InChI=1S/C26H23F4N5O/c1-16-4-2-6-20(27)24(16)34-10-7-17(8-11-34)18-12-21-23(13-31-15-33-21)35(25(18)36)14-22-19(26(28,29)30)5-3-9-32-22/h2-6,9,12-13,15,17H,7-8,10-11,14H2,1H3. The van der Waals surface area contributed by atoms with Gasteiger partial charge in [0, 0.05) is 24.8 Å². The Labute approximate surface area is 204 Å². The molecule has 0 bridgehead atoms. The van der Waals surface area contributed by atoms with Gasteiger partial charge in [-0.25, -0.2) is 14.4 Å². The zero-order valence-electron chi connectivity index (χ0n) is 19.5. The summed E-state index contributed by atoms with van der Waals surface area (Å²) in [5.74, 6) is -0.425. The number of halogens is 4. The number of aromatic nitrogens is 4. The lowest BCUT2D eigenvalue weighted by Gasteiger charge is -2.34. The second-order valence-electron chi connectivity index (χ2n) is 8.95. The third-order valence-electron chi connectivity index (χ3n) is 6.74. The minimum atomic E-state index is -4.60. The Morgan fingerprint density at radius 2 is 1.86 bits per heavy atom. The molecule has 0 amide bonds. The Hall–Kier alpha value is -3.82. The maximum absolute atomic E-state index is 14.5. The number of hydrogen-bond donors (Lipinski definition) is 0. The van der Waals surface area contributed by atoms with Crippen LogP contribution >= 0.6 is 0 Å². The van der Waals surface area contributed by atoms with Crippen molar-refractivity contribution in [3.8, 4) is 0 Å². The first-order valence-electron chi connectivity index (χ1n) is 11.6. The lowest BCUT2D eigenvalue weighted by atomic mass is 9.89. The Bertz CT molecular complexity index is 1460. The van der Waals surface area contributed by atoms with E-state index in [1.165, 1.54) is 35.4 Å². The highest BCUT2D eigenvalue weighted by molar-refractivity contribution is 5.74. The molecule has 0 spiro atoms. The highest BCUT2D eigenvalue weighted by Gasteiger charge is 2.34. The minimum absolute atomic E-state index is 0.141. The fourth-order valence-corrected chi connectivity index (χ4v) is 4.98. The molecular formula is C26H23F4N5O. The minimum Gasteiger partial charge on any atom is -0.369 e. The second-order valence-corrected chi connectivity index (χ2v) is 8.95. The van der Waals surface area contributed by atoms with Gasteiger partial charge < -0.3 is 4.90 Å². The monoisotopic (exact) mass is 497 g/mol. The molecule has 0 aliphatic carbocycles. The Morgan fingerprint density at radius 3 is 2.58 bits per heavy atom. The van der Waals surface area contributed by atoms with Crippen molar-refractivity contribution < 1.29 is 17.6 Å². The molecule has 1 fully saturated rings. The van der Waals surface area contributed by atoms with Crippen molar-refractivity contribution in [2.24, 2.45) is 0 Å². The number of anilines is 1. The van der Waals surface area contributed by atoms with Gasteiger partial charge in [0.15, 0.2) is 0 Å². The van der Waals surface area contributed by atoms with Crippen molar-refractivity contribution in [1.82, 2.24) is 19.5 Å². The summed E-state index contributed by atoms with van der Waals surface area (Å²) in [6.45, 7) is 2.59. The van der Waals surface area contributed by atoms with Crippen molar-refractivity contribution >= 4 is 16.7 Å². The lowest BCUT2D eigenvalue weighted by molar-refractivity contribution is -0.138. The van der Waals surface area contributed by atoms with Crippen molar-refractivity contribution in [2.45, 2.75) is 38.4 Å². The molecule has 4 heterocycles. The van der Waals surface area contributed by atoms with Crippen LogP contribution in [0.4, 0.5) is 23.2 Å². The summed E-state index contributed by atoms with van der Waals surface area (Å²) in [6, 6.07) is 8.84. The highest BCUT2D eigenvalue weighted by Crippen LogP contribution is 2.34. The number of pyridine rings is 2. The van der Waals surface area contributed by atoms with E-state index in [2.05, 4.69) is 15.0 Å². The number of para-hydroxylation sites is 1.